The second kappa shape index (κ2) is 9.97. The van der Waals surface area contributed by atoms with Gasteiger partial charge in [-0.3, -0.25) is 0 Å². The first kappa shape index (κ1) is 20.0. The van der Waals surface area contributed by atoms with Gasteiger partial charge in [0, 0.05) is 36.7 Å². The van der Waals surface area contributed by atoms with Gasteiger partial charge in [-0.2, -0.15) is 5.26 Å². The molecule has 0 saturated carbocycles. The molecule has 0 spiro atoms. The highest BCUT2D eigenvalue weighted by molar-refractivity contribution is 7.15. The number of nitriles is 1. The van der Waals surface area contributed by atoms with Crippen LogP contribution in [0, 0.1) is 18.3 Å². The van der Waals surface area contributed by atoms with Crippen LogP contribution in [0.2, 0.25) is 0 Å². The molecule has 3 aromatic rings. The van der Waals surface area contributed by atoms with E-state index in [0.717, 1.165) is 35.7 Å². The summed E-state index contributed by atoms with van der Waals surface area (Å²) < 4.78 is 2.03. The molecule has 7 nitrogen and oxygen atoms in total. The average molecular weight is 397 g/mol. The van der Waals surface area contributed by atoms with Gasteiger partial charge in [-0.05, 0) is 38.0 Å². The summed E-state index contributed by atoms with van der Waals surface area (Å²) in [5.41, 5.74) is 1.77. The fraction of sp³-hybridized carbons (Fsp3) is 0.400. The van der Waals surface area contributed by atoms with Crippen LogP contribution in [0.15, 0.2) is 36.9 Å². The van der Waals surface area contributed by atoms with Crippen molar-refractivity contribution in [3.8, 4) is 16.6 Å². The van der Waals surface area contributed by atoms with Crippen LogP contribution in [-0.2, 0) is 13.0 Å². The van der Waals surface area contributed by atoms with E-state index in [1.54, 1.807) is 23.9 Å². The number of aromatic nitrogens is 4. The molecule has 146 valence electrons. The molecule has 0 aromatic carbocycles. The molecule has 0 amide bonds. The Morgan fingerprint density at radius 3 is 2.93 bits per heavy atom. The number of hydrogen-bond donors (Lipinski definition) is 2. The van der Waals surface area contributed by atoms with Gasteiger partial charge in [-0.25, -0.2) is 15.0 Å². The van der Waals surface area contributed by atoms with Crippen molar-refractivity contribution in [3.63, 3.8) is 0 Å². The first-order valence-electron chi connectivity index (χ1n) is 9.33. The first-order chi connectivity index (χ1) is 13.7. The molecule has 3 aromatic heterocycles. The van der Waals surface area contributed by atoms with E-state index < -0.39 is 0 Å². The van der Waals surface area contributed by atoms with Crippen molar-refractivity contribution in [2.75, 3.05) is 11.9 Å². The highest BCUT2D eigenvalue weighted by atomic mass is 32.1. The Morgan fingerprint density at radius 1 is 1.29 bits per heavy atom. The normalized spacial score (nSPS) is 11.9. The second-order valence-electron chi connectivity index (χ2n) is 6.62. The third-order valence-electron chi connectivity index (χ3n) is 4.30. The van der Waals surface area contributed by atoms with Crippen molar-refractivity contribution in [1.29, 1.82) is 5.26 Å². The number of unbranched alkanes of at least 4 members (excludes halogenated alkanes) is 2. The van der Waals surface area contributed by atoms with E-state index in [1.807, 2.05) is 16.8 Å². The van der Waals surface area contributed by atoms with Crippen LogP contribution in [0.25, 0.3) is 10.6 Å². The van der Waals surface area contributed by atoms with Crippen molar-refractivity contribution < 1.29 is 5.11 Å². The van der Waals surface area contributed by atoms with Crippen molar-refractivity contribution >= 4 is 17.3 Å². The van der Waals surface area contributed by atoms with Crippen molar-refractivity contribution in [2.45, 2.75) is 45.2 Å². The molecule has 2 N–H and O–H groups in total. The molecule has 3 heterocycles. The number of hydrogen-bond acceptors (Lipinski definition) is 7. The number of aliphatic hydroxyl groups is 1. The number of thiophene rings is 1. The number of nitrogens with zero attached hydrogens (tertiary/aromatic N) is 5. The predicted octanol–water partition coefficient (Wildman–Crippen LogP) is 3.42. The molecular formula is C20H24N6OS. The lowest BCUT2D eigenvalue weighted by atomic mass is 10.2. The van der Waals surface area contributed by atoms with Crippen LogP contribution in [-0.4, -0.2) is 37.3 Å². The van der Waals surface area contributed by atoms with E-state index in [9.17, 15) is 5.11 Å². The topological polar surface area (TPSA) is 99.7 Å². The van der Waals surface area contributed by atoms with Crippen LogP contribution in [0.5, 0.6) is 0 Å². The molecule has 0 radical (unpaired) electrons. The monoisotopic (exact) mass is 396 g/mol. The Kier molecular flexibility index (Phi) is 7.12. The van der Waals surface area contributed by atoms with Crippen molar-refractivity contribution in [3.05, 3.63) is 47.5 Å². The molecular weight excluding hydrogens is 372 g/mol. The molecule has 0 fully saturated rings. The lowest BCUT2D eigenvalue weighted by Crippen LogP contribution is -2.27. The third-order valence-corrected chi connectivity index (χ3v) is 5.32. The summed E-state index contributed by atoms with van der Waals surface area (Å²) >= 11 is 1.69. The third kappa shape index (κ3) is 5.62. The van der Waals surface area contributed by atoms with E-state index in [-0.39, 0.29) is 12.6 Å². The van der Waals surface area contributed by atoms with Gasteiger partial charge in [0.05, 0.1) is 41.3 Å². The van der Waals surface area contributed by atoms with E-state index in [4.69, 9.17) is 5.26 Å². The zero-order valence-corrected chi connectivity index (χ0v) is 16.7. The van der Waals surface area contributed by atoms with Gasteiger partial charge in [0.2, 0.25) is 5.95 Å². The standard InChI is InChI=1S/C20H24N6OS/c1-15-5-6-19(28-15)18-7-9-22-20(25-18)24-17(13-27)11-16-12-26(14-23-16)10-4-2-3-8-21/h5-7,9,12,14,17,27H,2-4,10-11,13H2,1H3,(H,22,24,25). The Labute approximate surface area is 168 Å². The predicted molar refractivity (Wildman–Crippen MR) is 110 cm³/mol. The molecule has 0 saturated heterocycles. The maximum atomic E-state index is 9.76. The summed E-state index contributed by atoms with van der Waals surface area (Å²) in [4.78, 5) is 15.6. The number of nitrogens with one attached hydrogen (secondary N) is 1. The van der Waals surface area contributed by atoms with Gasteiger partial charge in [0.15, 0.2) is 0 Å². The van der Waals surface area contributed by atoms with Gasteiger partial charge in [0.25, 0.3) is 0 Å². The maximum absolute atomic E-state index is 9.76. The Balaban J connectivity index is 1.59. The van der Waals surface area contributed by atoms with Crippen LogP contribution in [0.1, 0.15) is 29.8 Å². The van der Waals surface area contributed by atoms with Gasteiger partial charge >= 0.3 is 0 Å². The number of imidazole rings is 1. The summed E-state index contributed by atoms with van der Waals surface area (Å²) in [5.74, 6) is 0.499. The van der Waals surface area contributed by atoms with E-state index in [0.29, 0.717) is 18.8 Å². The lowest BCUT2D eigenvalue weighted by Gasteiger charge is -2.15. The Bertz CT molecular complexity index is 929. The number of rotatable bonds is 10. The molecule has 1 unspecified atom stereocenters. The van der Waals surface area contributed by atoms with Crippen LogP contribution < -0.4 is 5.32 Å². The summed E-state index contributed by atoms with van der Waals surface area (Å²) in [5, 5.41) is 21.6. The SMILES string of the molecule is Cc1ccc(-c2ccnc(NC(CO)Cc3cn(CCCCC#N)cn3)n2)s1. The van der Waals surface area contributed by atoms with Crippen molar-refractivity contribution in [2.24, 2.45) is 0 Å². The summed E-state index contributed by atoms with van der Waals surface area (Å²) in [7, 11) is 0. The molecule has 0 aliphatic rings. The van der Waals surface area contributed by atoms with Crippen LogP contribution in [0.4, 0.5) is 5.95 Å². The quantitative estimate of drug-likeness (QED) is 0.509. The molecule has 3 rings (SSSR count). The minimum atomic E-state index is -0.220. The van der Waals surface area contributed by atoms with E-state index in [1.165, 1.54) is 4.88 Å². The zero-order chi connectivity index (χ0) is 19.8. The number of anilines is 1. The Morgan fingerprint density at radius 2 is 2.18 bits per heavy atom. The second-order valence-corrected chi connectivity index (χ2v) is 7.91. The largest absolute Gasteiger partial charge is 0.394 e. The van der Waals surface area contributed by atoms with Gasteiger partial charge in [-0.15, -0.1) is 11.3 Å². The summed E-state index contributed by atoms with van der Waals surface area (Å²) in [6.45, 7) is 2.87. The molecule has 0 aliphatic carbocycles. The zero-order valence-electron chi connectivity index (χ0n) is 15.9. The minimum absolute atomic E-state index is 0.0409. The summed E-state index contributed by atoms with van der Waals surface area (Å²) in [6.07, 6.45) is 8.52. The fourth-order valence-corrected chi connectivity index (χ4v) is 3.70. The Hall–Kier alpha value is -2.76. The van der Waals surface area contributed by atoms with Crippen molar-refractivity contribution in [1.82, 2.24) is 19.5 Å². The van der Waals surface area contributed by atoms with Crippen LogP contribution >= 0.6 is 11.3 Å². The lowest BCUT2D eigenvalue weighted by molar-refractivity contribution is 0.272. The first-order valence-corrected chi connectivity index (χ1v) is 10.1. The summed E-state index contributed by atoms with van der Waals surface area (Å²) in [6, 6.07) is 7.95. The highest BCUT2D eigenvalue weighted by Crippen LogP contribution is 2.26. The molecule has 8 heteroatoms. The average Bonchev–Trinajstić information content (AvgIpc) is 3.34. The highest BCUT2D eigenvalue weighted by Gasteiger charge is 2.13. The van der Waals surface area contributed by atoms with Gasteiger partial charge in [-0.1, -0.05) is 0 Å². The number of aryl methyl sites for hydroxylation is 2. The molecule has 28 heavy (non-hydrogen) atoms. The van der Waals surface area contributed by atoms with E-state index in [2.05, 4.69) is 45.4 Å². The molecule has 0 bridgehead atoms. The fourth-order valence-electron chi connectivity index (χ4n) is 2.87. The van der Waals surface area contributed by atoms with Gasteiger partial charge < -0.3 is 15.0 Å². The van der Waals surface area contributed by atoms with Gasteiger partial charge in [0.1, 0.15) is 0 Å². The molecule has 1 atom stereocenters. The minimum Gasteiger partial charge on any atom is -0.394 e. The molecule has 0 aliphatic heterocycles. The van der Waals surface area contributed by atoms with Crippen LogP contribution in [0.3, 0.4) is 0 Å². The smallest absolute Gasteiger partial charge is 0.223 e. The number of aliphatic hydroxyl groups excluding tert-OH is 1. The maximum Gasteiger partial charge on any atom is 0.223 e. The van der Waals surface area contributed by atoms with E-state index >= 15 is 0 Å².